The van der Waals surface area contributed by atoms with E-state index in [0.29, 0.717) is 16.7 Å². The number of nitro benzene ring substituents is 1. The molecular weight excluding hydrogens is 526 g/mol. The first kappa shape index (κ1) is 27.1. The summed E-state index contributed by atoms with van der Waals surface area (Å²) in [6, 6.07) is 17.0. The minimum absolute atomic E-state index is 0.00913. The van der Waals surface area contributed by atoms with Gasteiger partial charge in [0.15, 0.2) is 17.3 Å². The molecule has 0 saturated carbocycles. The fourth-order valence-corrected chi connectivity index (χ4v) is 3.70. The quantitative estimate of drug-likeness (QED) is 0.174. The molecule has 0 amide bonds. The molecule has 0 unspecified atom stereocenters. The van der Waals surface area contributed by atoms with Crippen LogP contribution in [0.4, 0.5) is 23.2 Å². The van der Waals surface area contributed by atoms with E-state index in [1.54, 1.807) is 12.1 Å². The second kappa shape index (κ2) is 10.8. The van der Waals surface area contributed by atoms with E-state index >= 15 is 0 Å². The van der Waals surface area contributed by atoms with Crippen molar-refractivity contribution in [1.82, 2.24) is 9.13 Å². The summed E-state index contributed by atoms with van der Waals surface area (Å²) in [5, 5.41) is 11.7. The molecule has 39 heavy (non-hydrogen) atoms. The number of halogens is 4. The largest absolute Gasteiger partial charge is 0.485 e. The number of rotatable bonds is 8. The predicted molar refractivity (Wildman–Crippen MR) is 131 cm³/mol. The molecule has 0 bridgehead atoms. The monoisotopic (exact) mass is 545 g/mol. The van der Waals surface area contributed by atoms with Crippen LogP contribution < -0.4 is 20.7 Å². The lowest BCUT2D eigenvalue weighted by Gasteiger charge is -2.15. The smallest absolute Gasteiger partial charge is 0.394 e. The maximum absolute atomic E-state index is 15.0. The van der Waals surface area contributed by atoms with E-state index < -0.39 is 57.4 Å². The van der Waals surface area contributed by atoms with Crippen molar-refractivity contribution in [1.29, 1.82) is 0 Å². The van der Waals surface area contributed by atoms with Crippen molar-refractivity contribution < 1.29 is 32.0 Å². The lowest BCUT2D eigenvalue weighted by Crippen LogP contribution is -2.40. The summed E-state index contributed by atoms with van der Waals surface area (Å²) in [5.41, 5.74) is -3.94. The molecule has 0 atom stereocenters. The minimum Gasteiger partial charge on any atom is -0.485 e. The summed E-state index contributed by atoms with van der Waals surface area (Å²) in [5.74, 6) is -1.69. The Morgan fingerprint density at radius 3 is 2.21 bits per heavy atom. The Bertz CT molecular complexity index is 1650. The van der Waals surface area contributed by atoms with Gasteiger partial charge in [-0.3, -0.25) is 19.5 Å². The lowest BCUT2D eigenvalue weighted by atomic mass is 10.2. The van der Waals surface area contributed by atoms with Gasteiger partial charge in [-0.05, 0) is 17.7 Å². The van der Waals surface area contributed by atoms with Crippen molar-refractivity contribution in [2.75, 3.05) is 0 Å². The molecule has 0 fully saturated rings. The maximum Gasteiger partial charge on any atom is 0.394 e. The van der Waals surface area contributed by atoms with Gasteiger partial charge in [-0.2, -0.15) is 13.2 Å². The fraction of sp³-hybridized carbons (Fsp3) is 0.154. The van der Waals surface area contributed by atoms with Crippen LogP contribution in [0.2, 0.25) is 0 Å². The Morgan fingerprint density at radius 2 is 1.56 bits per heavy atom. The molecule has 1 aromatic heterocycles. The molecule has 0 radical (unpaired) electrons. The Labute approximate surface area is 217 Å². The topological polar surface area (TPSA) is 106 Å². The van der Waals surface area contributed by atoms with Gasteiger partial charge in [0.05, 0.1) is 23.1 Å². The molecule has 0 aliphatic heterocycles. The van der Waals surface area contributed by atoms with Crippen molar-refractivity contribution in [2.45, 2.75) is 19.2 Å². The first-order valence-electron chi connectivity index (χ1n) is 11.2. The highest BCUT2D eigenvalue weighted by molar-refractivity contribution is 5.56. The van der Waals surface area contributed by atoms with Crippen LogP contribution in [0.3, 0.4) is 0 Å². The summed E-state index contributed by atoms with van der Waals surface area (Å²) in [7, 11) is 0.986. The van der Waals surface area contributed by atoms with E-state index in [4.69, 9.17) is 9.47 Å². The van der Waals surface area contributed by atoms with Gasteiger partial charge in [0.25, 0.3) is 5.56 Å². The summed E-state index contributed by atoms with van der Waals surface area (Å²) < 4.78 is 65.9. The van der Waals surface area contributed by atoms with E-state index in [2.05, 4.69) is 0 Å². The standard InChI is InChI=1S/C26H19F4N3O6/c1-31-17(14-26(28,29)30)11-24(34)32(25(31)35)19-13-23(20(33(36)37)12-18(19)27)39-22-10-6-5-9-21(22)38-15-16-7-3-2-4-8-16/h2-13H,14-15H2,1H3. The molecular formula is C26H19F4N3O6. The van der Waals surface area contributed by atoms with Crippen molar-refractivity contribution in [3.63, 3.8) is 0 Å². The van der Waals surface area contributed by atoms with Gasteiger partial charge >= 0.3 is 17.6 Å². The van der Waals surface area contributed by atoms with Crippen LogP contribution in [-0.4, -0.2) is 20.2 Å². The van der Waals surface area contributed by atoms with E-state index in [-0.39, 0.29) is 22.7 Å². The van der Waals surface area contributed by atoms with Crippen molar-refractivity contribution >= 4 is 5.69 Å². The first-order valence-corrected chi connectivity index (χ1v) is 11.2. The minimum atomic E-state index is -4.71. The number of hydrogen-bond acceptors (Lipinski definition) is 6. The zero-order valence-electron chi connectivity index (χ0n) is 20.1. The van der Waals surface area contributed by atoms with Gasteiger partial charge in [0, 0.05) is 24.9 Å². The molecule has 13 heteroatoms. The number of para-hydroxylation sites is 2. The molecule has 4 aromatic rings. The number of benzene rings is 3. The molecule has 9 nitrogen and oxygen atoms in total. The lowest BCUT2D eigenvalue weighted by molar-refractivity contribution is -0.385. The van der Waals surface area contributed by atoms with Crippen LogP contribution in [0.5, 0.6) is 17.2 Å². The number of nitrogens with zero attached hydrogens (tertiary/aromatic N) is 3. The van der Waals surface area contributed by atoms with Crippen LogP contribution in [0, 0.1) is 15.9 Å². The molecule has 0 spiro atoms. The predicted octanol–water partition coefficient (Wildman–Crippen LogP) is 5.06. The summed E-state index contributed by atoms with van der Waals surface area (Å²) >= 11 is 0. The first-order chi connectivity index (χ1) is 18.4. The van der Waals surface area contributed by atoms with E-state index in [9.17, 15) is 37.3 Å². The van der Waals surface area contributed by atoms with Crippen LogP contribution >= 0.6 is 0 Å². The van der Waals surface area contributed by atoms with Gasteiger partial charge in [-0.15, -0.1) is 0 Å². The SMILES string of the molecule is Cn1c(CC(F)(F)F)cc(=O)n(-c2cc(Oc3ccccc3OCc3ccccc3)c([N+](=O)[O-])cc2F)c1=O. The zero-order chi connectivity index (χ0) is 28.3. The Kier molecular flexibility index (Phi) is 7.51. The van der Waals surface area contributed by atoms with E-state index in [1.807, 2.05) is 30.3 Å². The average molecular weight is 545 g/mol. The highest BCUT2D eigenvalue weighted by Gasteiger charge is 2.30. The number of nitro groups is 1. The van der Waals surface area contributed by atoms with E-state index in [0.717, 1.165) is 18.7 Å². The van der Waals surface area contributed by atoms with Gasteiger partial charge in [0.1, 0.15) is 6.61 Å². The second-order valence-corrected chi connectivity index (χ2v) is 8.29. The molecule has 0 aliphatic rings. The number of alkyl halides is 3. The summed E-state index contributed by atoms with van der Waals surface area (Å²) in [6.07, 6.45) is -6.27. The van der Waals surface area contributed by atoms with Crippen molar-refractivity contribution in [3.8, 4) is 22.9 Å². The highest BCUT2D eigenvalue weighted by Crippen LogP contribution is 2.38. The summed E-state index contributed by atoms with van der Waals surface area (Å²) in [4.78, 5) is 36.2. The molecule has 4 rings (SSSR count). The molecule has 202 valence electrons. The second-order valence-electron chi connectivity index (χ2n) is 8.29. The Hall–Kier alpha value is -4.94. The Morgan fingerprint density at radius 1 is 0.923 bits per heavy atom. The molecule has 1 heterocycles. The third-order valence-corrected chi connectivity index (χ3v) is 5.57. The Balaban J connectivity index is 1.77. The number of hydrogen-bond donors (Lipinski definition) is 0. The van der Waals surface area contributed by atoms with Gasteiger partial charge < -0.3 is 9.47 Å². The van der Waals surface area contributed by atoms with Crippen LogP contribution in [0.25, 0.3) is 5.69 Å². The molecule has 0 saturated heterocycles. The zero-order valence-corrected chi connectivity index (χ0v) is 20.1. The van der Waals surface area contributed by atoms with Crippen LogP contribution in [0.1, 0.15) is 11.3 Å². The normalized spacial score (nSPS) is 11.3. The van der Waals surface area contributed by atoms with Gasteiger partial charge in [-0.25, -0.2) is 13.8 Å². The van der Waals surface area contributed by atoms with Crippen LogP contribution in [0.15, 0.2) is 82.4 Å². The number of ether oxygens (including phenoxy) is 2. The van der Waals surface area contributed by atoms with Crippen LogP contribution in [-0.2, 0) is 20.1 Å². The molecule has 0 aliphatic carbocycles. The summed E-state index contributed by atoms with van der Waals surface area (Å²) in [6.45, 7) is 0.133. The molecule has 3 aromatic carbocycles. The van der Waals surface area contributed by atoms with Crippen molar-refractivity contribution in [2.24, 2.45) is 7.05 Å². The number of aromatic nitrogens is 2. The third kappa shape index (κ3) is 6.14. The third-order valence-electron chi connectivity index (χ3n) is 5.57. The maximum atomic E-state index is 15.0. The fourth-order valence-electron chi connectivity index (χ4n) is 3.70. The van der Waals surface area contributed by atoms with E-state index in [1.165, 1.54) is 12.1 Å². The van der Waals surface area contributed by atoms with Gasteiger partial charge in [0.2, 0.25) is 5.75 Å². The molecule has 0 N–H and O–H groups in total. The van der Waals surface area contributed by atoms with Crippen molar-refractivity contribution in [3.05, 3.63) is 121 Å². The van der Waals surface area contributed by atoms with Gasteiger partial charge in [-0.1, -0.05) is 42.5 Å². The highest BCUT2D eigenvalue weighted by atomic mass is 19.4. The average Bonchev–Trinajstić information content (AvgIpc) is 2.88.